The predicted molar refractivity (Wildman–Crippen MR) is 113 cm³/mol. The molecular weight excluding hydrogens is 366 g/mol. The van der Waals surface area contributed by atoms with E-state index in [2.05, 4.69) is 32.9 Å². The van der Waals surface area contributed by atoms with Crippen LogP contribution in [0, 0.1) is 29.1 Å². The Hall–Kier alpha value is -1.62. The van der Waals surface area contributed by atoms with E-state index in [1.54, 1.807) is 0 Å². The lowest BCUT2D eigenvalue weighted by molar-refractivity contribution is -0.126. The van der Waals surface area contributed by atoms with Crippen molar-refractivity contribution in [3.05, 3.63) is 23.5 Å². The summed E-state index contributed by atoms with van der Waals surface area (Å²) in [6.45, 7) is 6.10. The number of unbranched alkanes of at least 4 members (excludes halogenated alkanes) is 2. The largest absolute Gasteiger partial charge is 0.511 e. The highest BCUT2D eigenvalue weighted by atomic mass is 16.3. The monoisotopic (exact) mass is 403 g/mol. The Bertz CT molecular complexity index is 712. The van der Waals surface area contributed by atoms with Gasteiger partial charge in [0.2, 0.25) is 0 Å². The molecule has 0 aromatic carbocycles. The Morgan fingerprint density at radius 3 is 2.59 bits per heavy atom. The molecule has 0 spiro atoms. The van der Waals surface area contributed by atoms with Gasteiger partial charge in [-0.15, -0.1) is 0 Å². The van der Waals surface area contributed by atoms with Gasteiger partial charge in [0, 0.05) is 12.5 Å². The van der Waals surface area contributed by atoms with Gasteiger partial charge in [-0.2, -0.15) is 0 Å². The number of amides is 1. The van der Waals surface area contributed by atoms with Crippen molar-refractivity contribution < 1.29 is 19.8 Å². The lowest BCUT2D eigenvalue weighted by atomic mass is 9.53. The van der Waals surface area contributed by atoms with E-state index in [0.29, 0.717) is 11.8 Å². The van der Waals surface area contributed by atoms with Crippen molar-refractivity contribution in [3.8, 4) is 0 Å². The summed E-state index contributed by atoms with van der Waals surface area (Å²) in [5.41, 5.74) is -0.721. The third-order valence-corrected chi connectivity index (χ3v) is 7.88. The SMILES string of the molecule is CCCCC[C@@H]1C=C[C@@H]2C[C@H](C)CC[C@H]2[C@]1(C)/C(O)=C1\C(=O)[C@H](CO)N(C)C1=O. The number of carbonyl (C=O) groups is 2. The normalized spacial score (nSPS) is 39.1. The van der Waals surface area contributed by atoms with Crippen molar-refractivity contribution in [1.29, 1.82) is 0 Å². The van der Waals surface area contributed by atoms with Crippen molar-refractivity contribution in [2.24, 2.45) is 29.1 Å². The van der Waals surface area contributed by atoms with Gasteiger partial charge in [-0.3, -0.25) is 9.59 Å². The summed E-state index contributed by atoms with van der Waals surface area (Å²) in [4.78, 5) is 27.0. The molecule has 1 saturated heterocycles. The quantitative estimate of drug-likeness (QED) is 0.231. The number of Topliss-reactive ketones (excluding diaryl/α,β-unsaturated/α-hetero) is 1. The van der Waals surface area contributed by atoms with E-state index < -0.39 is 29.8 Å². The average molecular weight is 404 g/mol. The second-order valence-corrected chi connectivity index (χ2v) is 9.66. The number of fused-ring (bicyclic) bond motifs is 1. The number of rotatable bonds is 6. The summed E-state index contributed by atoms with van der Waals surface area (Å²) < 4.78 is 0. The number of likely N-dealkylation sites (tertiary alicyclic amines) is 1. The molecule has 2 N–H and O–H groups in total. The van der Waals surface area contributed by atoms with E-state index >= 15 is 0 Å². The van der Waals surface area contributed by atoms with E-state index in [9.17, 15) is 19.8 Å². The number of hydrogen-bond acceptors (Lipinski definition) is 4. The summed E-state index contributed by atoms with van der Waals surface area (Å²) in [6.07, 6.45) is 12.0. The first-order valence-electron chi connectivity index (χ1n) is 11.3. The molecule has 5 nitrogen and oxygen atoms in total. The minimum Gasteiger partial charge on any atom is -0.511 e. The fraction of sp³-hybridized carbons (Fsp3) is 0.750. The topological polar surface area (TPSA) is 77.8 Å². The van der Waals surface area contributed by atoms with E-state index in [1.165, 1.54) is 11.9 Å². The van der Waals surface area contributed by atoms with Crippen molar-refractivity contribution in [3.63, 3.8) is 0 Å². The molecule has 3 aliphatic rings. The van der Waals surface area contributed by atoms with Gasteiger partial charge in [-0.1, -0.05) is 58.6 Å². The number of carbonyl (C=O) groups excluding carboxylic acids is 2. The maximum absolute atomic E-state index is 12.9. The summed E-state index contributed by atoms with van der Waals surface area (Å²) in [5, 5.41) is 21.1. The maximum Gasteiger partial charge on any atom is 0.261 e. The molecule has 0 aromatic rings. The number of likely N-dealkylation sites (N-methyl/N-ethyl adjacent to an activating group) is 1. The molecule has 1 saturated carbocycles. The highest BCUT2D eigenvalue weighted by molar-refractivity contribution is 6.26. The smallest absolute Gasteiger partial charge is 0.261 e. The molecule has 1 amide bonds. The summed E-state index contributed by atoms with van der Waals surface area (Å²) in [7, 11) is 1.52. The second kappa shape index (κ2) is 8.63. The number of ketones is 1. The maximum atomic E-state index is 12.9. The van der Waals surface area contributed by atoms with E-state index in [4.69, 9.17) is 0 Å². The molecule has 3 rings (SSSR count). The molecule has 0 bridgehead atoms. The number of aliphatic hydroxyl groups is 2. The van der Waals surface area contributed by atoms with Crippen LogP contribution in [0.25, 0.3) is 0 Å². The van der Waals surface area contributed by atoms with Gasteiger partial charge >= 0.3 is 0 Å². The number of aliphatic hydroxyl groups excluding tert-OH is 2. The standard InChI is InChI=1S/C24H37NO4/c1-5-6-7-8-17-11-10-16-13-15(2)9-12-18(16)24(17,3)22(28)20-21(27)19(14-26)25(4)23(20)29/h10-11,15-19,26,28H,5-9,12-14H2,1-4H3/b22-20-/t15-,16-,17-,18-,19+,24-/m1/s1. The van der Waals surface area contributed by atoms with Crippen LogP contribution in [0.4, 0.5) is 0 Å². The number of allylic oxidation sites excluding steroid dienone is 3. The lowest BCUT2D eigenvalue weighted by Crippen LogP contribution is -2.46. The Balaban J connectivity index is 2.06. The lowest BCUT2D eigenvalue weighted by Gasteiger charge is -2.51. The molecule has 0 aromatic heterocycles. The highest BCUT2D eigenvalue weighted by Gasteiger charge is 2.54. The molecule has 2 aliphatic carbocycles. The first kappa shape index (κ1) is 22.1. The zero-order valence-corrected chi connectivity index (χ0v) is 18.4. The number of hydrogen-bond donors (Lipinski definition) is 2. The van der Waals surface area contributed by atoms with Crippen LogP contribution in [0.1, 0.15) is 65.7 Å². The van der Waals surface area contributed by atoms with Crippen LogP contribution in [-0.4, -0.2) is 46.5 Å². The fourth-order valence-corrected chi connectivity index (χ4v) is 5.95. The van der Waals surface area contributed by atoms with Crippen LogP contribution in [0.15, 0.2) is 23.5 Å². The van der Waals surface area contributed by atoms with Crippen LogP contribution >= 0.6 is 0 Å². The molecule has 6 atom stereocenters. The Labute approximate surface area is 174 Å². The molecule has 1 heterocycles. The highest BCUT2D eigenvalue weighted by Crippen LogP contribution is 2.56. The molecule has 1 aliphatic heterocycles. The minimum absolute atomic E-state index is 0.0364. The van der Waals surface area contributed by atoms with Crippen LogP contribution in [0.5, 0.6) is 0 Å². The first-order chi connectivity index (χ1) is 13.8. The first-order valence-corrected chi connectivity index (χ1v) is 11.3. The Morgan fingerprint density at radius 2 is 1.97 bits per heavy atom. The second-order valence-electron chi connectivity index (χ2n) is 9.66. The van der Waals surface area contributed by atoms with Gasteiger partial charge in [0.1, 0.15) is 17.4 Å². The van der Waals surface area contributed by atoms with E-state index in [0.717, 1.165) is 44.9 Å². The Morgan fingerprint density at radius 1 is 1.24 bits per heavy atom. The van der Waals surface area contributed by atoms with Gasteiger partial charge in [-0.25, -0.2) is 0 Å². The van der Waals surface area contributed by atoms with E-state index in [-0.39, 0.29) is 23.2 Å². The molecule has 0 radical (unpaired) electrons. The number of nitrogens with zero attached hydrogens (tertiary/aromatic N) is 1. The van der Waals surface area contributed by atoms with Crippen LogP contribution < -0.4 is 0 Å². The van der Waals surface area contributed by atoms with Crippen LogP contribution in [0.2, 0.25) is 0 Å². The molecule has 2 fully saturated rings. The summed E-state index contributed by atoms with van der Waals surface area (Å²) >= 11 is 0. The zero-order chi connectivity index (χ0) is 21.3. The third-order valence-electron chi connectivity index (χ3n) is 7.88. The van der Waals surface area contributed by atoms with E-state index in [1.807, 2.05) is 0 Å². The van der Waals surface area contributed by atoms with Crippen LogP contribution in [-0.2, 0) is 9.59 Å². The van der Waals surface area contributed by atoms with Gasteiger partial charge in [0.05, 0.1) is 6.61 Å². The predicted octanol–water partition coefficient (Wildman–Crippen LogP) is 4.03. The van der Waals surface area contributed by atoms with Gasteiger partial charge in [-0.05, 0) is 42.9 Å². The van der Waals surface area contributed by atoms with Gasteiger partial charge < -0.3 is 15.1 Å². The van der Waals surface area contributed by atoms with Gasteiger partial charge in [0.15, 0.2) is 5.78 Å². The summed E-state index contributed by atoms with van der Waals surface area (Å²) in [5.74, 6) is 0.405. The van der Waals surface area contributed by atoms with Crippen molar-refractivity contribution >= 4 is 11.7 Å². The van der Waals surface area contributed by atoms with Crippen molar-refractivity contribution in [1.82, 2.24) is 4.90 Å². The average Bonchev–Trinajstić information content (AvgIpc) is 2.91. The minimum atomic E-state index is -0.886. The third kappa shape index (κ3) is 3.67. The molecule has 162 valence electrons. The zero-order valence-electron chi connectivity index (χ0n) is 18.4. The summed E-state index contributed by atoms with van der Waals surface area (Å²) in [6, 6.07) is -0.886. The Kier molecular flexibility index (Phi) is 6.57. The fourth-order valence-electron chi connectivity index (χ4n) is 5.95. The molecule has 0 unspecified atom stereocenters. The van der Waals surface area contributed by atoms with Gasteiger partial charge in [0.25, 0.3) is 5.91 Å². The molecule has 5 heteroatoms. The van der Waals surface area contributed by atoms with Crippen LogP contribution in [0.3, 0.4) is 0 Å². The van der Waals surface area contributed by atoms with Crippen molar-refractivity contribution in [2.45, 2.75) is 71.8 Å². The van der Waals surface area contributed by atoms with Crippen molar-refractivity contribution in [2.75, 3.05) is 13.7 Å². The molecule has 29 heavy (non-hydrogen) atoms. The molecular formula is C24H37NO4.